The van der Waals surface area contributed by atoms with Gasteiger partial charge in [-0.2, -0.15) is 0 Å². The van der Waals surface area contributed by atoms with Crippen molar-refractivity contribution in [2.24, 2.45) is 0 Å². The fourth-order valence-electron chi connectivity index (χ4n) is 3.33. The summed E-state index contributed by atoms with van der Waals surface area (Å²) in [5.74, 6) is 0. The van der Waals surface area contributed by atoms with Crippen molar-refractivity contribution in [2.45, 2.75) is 23.6 Å². The first-order valence-corrected chi connectivity index (χ1v) is 11.2. The van der Waals surface area contributed by atoms with Gasteiger partial charge in [0.1, 0.15) is 6.26 Å². The summed E-state index contributed by atoms with van der Waals surface area (Å²) >= 11 is 0. The maximum Gasteiger partial charge on any atom is 0.160 e. The average Bonchev–Trinajstić information content (AvgIpc) is 2.75. The van der Waals surface area contributed by atoms with E-state index in [0.717, 1.165) is 0 Å². The lowest BCUT2D eigenvalue weighted by atomic mass is 10.0. The van der Waals surface area contributed by atoms with Crippen LogP contribution in [-0.2, 0) is 10.9 Å². The first kappa shape index (κ1) is 18.6. The van der Waals surface area contributed by atoms with Crippen LogP contribution in [0.2, 0.25) is 0 Å². The molecule has 28 heavy (non-hydrogen) atoms. The Balaban J connectivity index is 1.53. The van der Waals surface area contributed by atoms with E-state index in [1.165, 1.54) is 43.2 Å². The summed E-state index contributed by atoms with van der Waals surface area (Å²) < 4.78 is 0. The van der Waals surface area contributed by atoms with Crippen LogP contribution in [0.1, 0.15) is 11.1 Å². The van der Waals surface area contributed by atoms with E-state index < -0.39 is 0 Å². The smallest absolute Gasteiger partial charge is 0.0587 e. The van der Waals surface area contributed by atoms with Crippen LogP contribution in [0, 0.1) is 13.8 Å². The Morgan fingerprint density at radius 2 is 0.643 bits per heavy atom. The molecule has 0 nitrogen and oxygen atoms in total. The molecule has 0 bridgehead atoms. The van der Waals surface area contributed by atoms with Gasteiger partial charge in [0.15, 0.2) is 9.79 Å². The summed E-state index contributed by atoms with van der Waals surface area (Å²) in [6.07, 6.45) is 2.31. The number of hydrogen-bond acceptors (Lipinski definition) is 0. The van der Waals surface area contributed by atoms with Crippen LogP contribution in [0.4, 0.5) is 0 Å². The molecule has 0 spiro atoms. The predicted octanol–water partition coefficient (Wildman–Crippen LogP) is 7.30. The van der Waals surface area contributed by atoms with Crippen LogP contribution < -0.4 is 0 Å². The Morgan fingerprint density at radius 3 is 0.929 bits per heavy atom. The molecular weight excluding hydrogens is 356 g/mol. The lowest BCUT2D eigenvalue weighted by Crippen LogP contribution is -2.00. The highest BCUT2D eigenvalue weighted by Gasteiger charge is 2.19. The lowest BCUT2D eigenvalue weighted by molar-refractivity contribution is 1.37. The highest BCUT2D eigenvalue weighted by atomic mass is 32.2. The van der Waals surface area contributed by atoms with Crippen molar-refractivity contribution in [3.8, 4) is 22.3 Å². The second-order valence-electron chi connectivity index (χ2n) is 7.29. The fourth-order valence-corrected chi connectivity index (χ4v) is 4.69. The third-order valence-corrected chi connectivity index (χ3v) is 7.14. The van der Waals surface area contributed by atoms with Crippen molar-refractivity contribution in [2.75, 3.05) is 6.26 Å². The van der Waals surface area contributed by atoms with Gasteiger partial charge in [-0.1, -0.05) is 59.7 Å². The zero-order valence-corrected chi connectivity index (χ0v) is 17.5. The zero-order valence-electron chi connectivity index (χ0n) is 16.6. The minimum Gasteiger partial charge on any atom is -0.0587 e. The van der Waals surface area contributed by atoms with Gasteiger partial charge in [-0.25, -0.2) is 0 Å². The van der Waals surface area contributed by atoms with E-state index in [1.54, 1.807) is 0 Å². The van der Waals surface area contributed by atoms with Gasteiger partial charge in [-0.05, 0) is 84.6 Å². The van der Waals surface area contributed by atoms with E-state index in [-0.39, 0.29) is 10.9 Å². The second-order valence-corrected chi connectivity index (χ2v) is 9.25. The number of benzene rings is 4. The Kier molecular flexibility index (Phi) is 5.36. The Bertz CT molecular complexity index is 952. The molecule has 0 heterocycles. The van der Waals surface area contributed by atoms with E-state index in [2.05, 4.69) is 117 Å². The van der Waals surface area contributed by atoms with Crippen LogP contribution in [0.5, 0.6) is 0 Å². The normalized spacial score (nSPS) is 11.0. The van der Waals surface area contributed by atoms with Crippen LogP contribution in [0.15, 0.2) is 107 Å². The molecule has 0 aliphatic carbocycles. The highest BCUT2D eigenvalue weighted by Crippen LogP contribution is 2.27. The molecule has 0 saturated heterocycles. The van der Waals surface area contributed by atoms with Gasteiger partial charge in [0.05, 0.1) is 10.9 Å². The standard InChI is InChI=1S/C27H25S/c1-20-4-8-22(9-5-20)24-12-16-26(17-13-24)28(3)27-18-14-25(15-19-27)23-10-6-21(2)7-11-23/h4-19H,1-3H3/q+1. The van der Waals surface area contributed by atoms with E-state index >= 15 is 0 Å². The number of hydrogen-bond donors (Lipinski definition) is 0. The SMILES string of the molecule is Cc1ccc(-c2ccc([S+](C)c3ccc(-c4ccc(C)cc4)cc3)cc2)cc1. The van der Waals surface area contributed by atoms with E-state index in [0.29, 0.717) is 0 Å². The largest absolute Gasteiger partial charge is 0.160 e. The van der Waals surface area contributed by atoms with Crippen molar-refractivity contribution in [3.63, 3.8) is 0 Å². The lowest BCUT2D eigenvalue weighted by Gasteiger charge is -2.07. The molecule has 0 fully saturated rings. The topological polar surface area (TPSA) is 0 Å². The number of aryl methyl sites for hydroxylation is 2. The molecule has 0 N–H and O–H groups in total. The van der Waals surface area contributed by atoms with E-state index in [4.69, 9.17) is 0 Å². The van der Waals surface area contributed by atoms with Gasteiger partial charge in [0.2, 0.25) is 0 Å². The Morgan fingerprint density at radius 1 is 0.393 bits per heavy atom. The van der Waals surface area contributed by atoms with Crippen molar-refractivity contribution in [1.82, 2.24) is 0 Å². The molecule has 138 valence electrons. The molecular formula is C27H25S+. The quantitative estimate of drug-likeness (QED) is 0.325. The Hall–Kier alpha value is -2.77. The average molecular weight is 382 g/mol. The van der Waals surface area contributed by atoms with Gasteiger partial charge in [-0.3, -0.25) is 0 Å². The molecule has 0 unspecified atom stereocenters. The molecule has 0 saturated carbocycles. The Labute approximate surface area is 171 Å². The monoisotopic (exact) mass is 381 g/mol. The third-order valence-electron chi connectivity index (χ3n) is 5.19. The van der Waals surface area contributed by atoms with Crippen LogP contribution in [-0.4, -0.2) is 6.26 Å². The van der Waals surface area contributed by atoms with Gasteiger partial charge in [-0.15, -0.1) is 0 Å². The zero-order chi connectivity index (χ0) is 19.5. The van der Waals surface area contributed by atoms with Crippen LogP contribution in [0.25, 0.3) is 22.3 Å². The molecule has 0 aromatic heterocycles. The minimum atomic E-state index is 0.0666. The predicted molar refractivity (Wildman–Crippen MR) is 123 cm³/mol. The second kappa shape index (κ2) is 8.08. The van der Waals surface area contributed by atoms with Crippen LogP contribution >= 0.6 is 0 Å². The first-order chi connectivity index (χ1) is 13.6. The molecule has 4 aromatic rings. The van der Waals surface area contributed by atoms with Crippen molar-refractivity contribution < 1.29 is 0 Å². The van der Waals surface area contributed by atoms with Crippen molar-refractivity contribution in [1.29, 1.82) is 0 Å². The molecule has 0 atom stereocenters. The van der Waals surface area contributed by atoms with Gasteiger partial charge in [0, 0.05) is 0 Å². The first-order valence-electron chi connectivity index (χ1n) is 9.60. The van der Waals surface area contributed by atoms with Gasteiger partial charge >= 0.3 is 0 Å². The summed E-state index contributed by atoms with van der Waals surface area (Å²) in [6.45, 7) is 4.25. The fraction of sp³-hybridized carbons (Fsp3) is 0.111. The molecule has 4 rings (SSSR count). The maximum atomic E-state index is 2.31. The van der Waals surface area contributed by atoms with Crippen molar-refractivity contribution in [3.05, 3.63) is 108 Å². The van der Waals surface area contributed by atoms with Gasteiger partial charge in [0.25, 0.3) is 0 Å². The minimum absolute atomic E-state index is 0.0666. The van der Waals surface area contributed by atoms with Gasteiger partial charge < -0.3 is 0 Å². The molecule has 0 radical (unpaired) electrons. The summed E-state index contributed by atoms with van der Waals surface area (Å²) in [7, 11) is 0.0666. The number of rotatable bonds is 4. The molecule has 0 aliphatic rings. The summed E-state index contributed by atoms with van der Waals surface area (Å²) in [5, 5.41) is 0. The van der Waals surface area contributed by atoms with Crippen molar-refractivity contribution >= 4 is 10.9 Å². The molecule has 0 amide bonds. The summed E-state index contributed by atoms with van der Waals surface area (Å²) in [6, 6.07) is 35.5. The van der Waals surface area contributed by atoms with E-state index in [9.17, 15) is 0 Å². The summed E-state index contributed by atoms with van der Waals surface area (Å²) in [5.41, 5.74) is 7.69. The highest BCUT2D eigenvalue weighted by molar-refractivity contribution is 7.96. The molecule has 4 aromatic carbocycles. The maximum absolute atomic E-state index is 2.31. The van der Waals surface area contributed by atoms with Crippen LogP contribution in [0.3, 0.4) is 0 Å². The summed E-state index contributed by atoms with van der Waals surface area (Å²) in [4.78, 5) is 2.75. The third kappa shape index (κ3) is 4.05. The molecule has 0 aliphatic heterocycles. The van der Waals surface area contributed by atoms with E-state index in [1.807, 2.05) is 0 Å². The molecule has 1 heteroatoms.